The van der Waals surface area contributed by atoms with Crippen molar-refractivity contribution in [3.63, 3.8) is 0 Å². The van der Waals surface area contributed by atoms with Gasteiger partial charge in [0.25, 0.3) is 0 Å². The minimum atomic E-state index is 0. The molecule has 0 aromatic carbocycles. The van der Waals surface area contributed by atoms with Crippen molar-refractivity contribution in [1.29, 1.82) is 0 Å². The van der Waals surface area contributed by atoms with Gasteiger partial charge in [0.15, 0.2) is 0 Å². The van der Waals surface area contributed by atoms with Crippen LogP contribution in [-0.4, -0.2) is 0 Å². The van der Waals surface area contributed by atoms with Crippen LogP contribution in [0, 0.1) is 6.42 Å². The van der Waals surface area contributed by atoms with Gasteiger partial charge in [0.2, 0.25) is 0 Å². The van der Waals surface area contributed by atoms with Crippen molar-refractivity contribution in [2.45, 2.75) is 58.8 Å². The molecular formula is C10H21Li. The van der Waals surface area contributed by atoms with Gasteiger partial charge in [-0.15, -0.1) is 0 Å². The fraction of sp³-hybridized carbons (Fsp3) is 0.900. The average Bonchev–Trinajstić information content (AvgIpc) is 1.97. The first kappa shape index (κ1) is 14.1. The smallest absolute Gasteiger partial charge is 0.328 e. The van der Waals surface area contributed by atoms with E-state index in [9.17, 15) is 0 Å². The predicted molar refractivity (Wildman–Crippen MR) is 48.0 cm³/mol. The normalized spacial score (nSPS) is 9.27. The molecule has 62 valence electrons. The van der Waals surface area contributed by atoms with Crippen LogP contribution in [0.15, 0.2) is 0 Å². The quantitative estimate of drug-likeness (QED) is 0.287. The molecule has 0 aromatic rings. The molecule has 1 heteroatoms. The minimum Gasteiger partial charge on any atom is -0.328 e. The molecule has 0 aliphatic heterocycles. The van der Waals surface area contributed by atoms with Crippen LogP contribution in [0.5, 0.6) is 0 Å². The van der Waals surface area contributed by atoms with Crippen LogP contribution in [0.2, 0.25) is 0 Å². The Morgan fingerprint density at radius 1 is 0.818 bits per heavy atom. The molecule has 0 aliphatic rings. The van der Waals surface area contributed by atoms with Gasteiger partial charge < -0.3 is 6.42 Å². The van der Waals surface area contributed by atoms with Gasteiger partial charge in [-0.2, -0.15) is 12.8 Å². The van der Waals surface area contributed by atoms with Crippen LogP contribution in [0.4, 0.5) is 0 Å². The van der Waals surface area contributed by atoms with E-state index in [1.54, 1.807) is 0 Å². The summed E-state index contributed by atoms with van der Waals surface area (Å²) in [6, 6.07) is 0. The third kappa shape index (κ3) is 13.6. The number of rotatable bonds is 7. The van der Waals surface area contributed by atoms with Gasteiger partial charge in [0.05, 0.1) is 0 Å². The molecule has 0 saturated carbocycles. The minimum absolute atomic E-state index is 0. The fourth-order valence-electron chi connectivity index (χ4n) is 1.03. The van der Waals surface area contributed by atoms with E-state index in [1.165, 1.54) is 44.9 Å². The van der Waals surface area contributed by atoms with Crippen molar-refractivity contribution in [1.82, 2.24) is 0 Å². The molecule has 0 atom stereocenters. The summed E-state index contributed by atoms with van der Waals surface area (Å²) >= 11 is 0. The van der Waals surface area contributed by atoms with Crippen molar-refractivity contribution in [2.75, 3.05) is 0 Å². The van der Waals surface area contributed by atoms with E-state index in [1.807, 2.05) is 0 Å². The van der Waals surface area contributed by atoms with Crippen molar-refractivity contribution in [3.8, 4) is 0 Å². The summed E-state index contributed by atoms with van der Waals surface area (Å²) in [4.78, 5) is 0. The Bertz CT molecular complexity index is 44.8. The Hall–Kier alpha value is 0.597. The molecule has 0 N–H and O–H groups in total. The summed E-state index contributed by atoms with van der Waals surface area (Å²) in [6.45, 7) is 4.51. The van der Waals surface area contributed by atoms with Crippen LogP contribution in [-0.2, 0) is 0 Å². The topological polar surface area (TPSA) is 0 Å². The first-order valence-corrected chi connectivity index (χ1v) is 4.73. The summed E-state index contributed by atoms with van der Waals surface area (Å²) in [7, 11) is 0. The second kappa shape index (κ2) is 13.2. The van der Waals surface area contributed by atoms with E-state index in [4.69, 9.17) is 0 Å². The van der Waals surface area contributed by atoms with E-state index in [2.05, 4.69) is 20.3 Å². The first-order chi connectivity index (χ1) is 4.91. The maximum Gasteiger partial charge on any atom is 1.00 e. The summed E-state index contributed by atoms with van der Waals surface area (Å²) in [5.41, 5.74) is 0. The molecule has 0 saturated heterocycles. The van der Waals surface area contributed by atoms with E-state index in [0.29, 0.717) is 0 Å². The third-order valence-electron chi connectivity index (χ3n) is 1.77. The van der Waals surface area contributed by atoms with Crippen molar-refractivity contribution >= 4 is 0 Å². The van der Waals surface area contributed by atoms with Gasteiger partial charge in [-0.25, -0.2) is 0 Å². The Labute approximate surface area is 84.3 Å². The van der Waals surface area contributed by atoms with Crippen LogP contribution in [0.3, 0.4) is 0 Å². The molecule has 0 radical (unpaired) electrons. The SMILES string of the molecule is CCCC[CH-]CCCCC.[Li+]. The monoisotopic (exact) mass is 148 g/mol. The number of hydrogen-bond acceptors (Lipinski definition) is 0. The van der Waals surface area contributed by atoms with Gasteiger partial charge in [0, 0.05) is 0 Å². The van der Waals surface area contributed by atoms with Gasteiger partial charge in [-0.05, 0) is 0 Å². The molecule has 0 aromatic heterocycles. The molecule has 11 heavy (non-hydrogen) atoms. The molecule has 0 bridgehead atoms. The second-order valence-electron chi connectivity index (χ2n) is 2.93. The van der Waals surface area contributed by atoms with Gasteiger partial charge in [0.1, 0.15) is 0 Å². The maximum atomic E-state index is 2.44. The summed E-state index contributed by atoms with van der Waals surface area (Å²) in [5.74, 6) is 0. The zero-order valence-electron chi connectivity index (χ0n) is 8.53. The standard InChI is InChI=1S/C10H21.Li/c1-3-5-7-9-10-8-6-4-2;/h9H,3-8,10H2,1-2H3;/q-1;+1. The molecule has 0 unspecified atom stereocenters. The molecule has 0 nitrogen and oxygen atoms in total. The Morgan fingerprint density at radius 3 is 1.91 bits per heavy atom. The van der Waals surface area contributed by atoms with Crippen LogP contribution in [0.25, 0.3) is 0 Å². The van der Waals surface area contributed by atoms with Crippen molar-refractivity contribution in [3.05, 3.63) is 6.42 Å². The zero-order chi connectivity index (χ0) is 7.66. The van der Waals surface area contributed by atoms with E-state index in [0.717, 1.165) is 0 Å². The Kier molecular flexibility index (Phi) is 17.0. The molecule has 0 aliphatic carbocycles. The summed E-state index contributed by atoms with van der Waals surface area (Å²) in [5, 5.41) is 0. The Balaban J connectivity index is 0. The molecule has 0 fully saturated rings. The molecule has 0 rings (SSSR count). The third-order valence-corrected chi connectivity index (χ3v) is 1.77. The largest absolute Gasteiger partial charge is 1.00 e. The predicted octanol–water partition coefficient (Wildman–Crippen LogP) is 0.965. The van der Waals surface area contributed by atoms with E-state index < -0.39 is 0 Å². The molecule has 0 amide bonds. The van der Waals surface area contributed by atoms with E-state index >= 15 is 0 Å². The fourth-order valence-corrected chi connectivity index (χ4v) is 1.03. The molecular weight excluding hydrogens is 127 g/mol. The zero-order valence-corrected chi connectivity index (χ0v) is 8.53. The molecule has 0 heterocycles. The summed E-state index contributed by atoms with van der Waals surface area (Å²) in [6.07, 6.45) is 12.0. The first-order valence-electron chi connectivity index (χ1n) is 4.73. The van der Waals surface area contributed by atoms with Crippen LogP contribution >= 0.6 is 0 Å². The van der Waals surface area contributed by atoms with Gasteiger partial charge in [-0.1, -0.05) is 46.0 Å². The van der Waals surface area contributed by atoms with E-state index in [-0.39, 0.29) is 18.9 Å². The maximum absolute atomic E-state index is 2.44. The van der Waals surface area contributed by atoms with Gasteiger partial charge >= 0.3 is 18.9 Å². The average molecular weight is 148 g/mol. The van der Waals surface area contributed by atoms with Crippen LogP contribution < -0.4 is 18.9 Å². The summed E-state index contributed by atoms with van der Waals surface area (Å²) < 4.78 is 0. The second-order valence-corrected chi connectivity index (χ2v) is 2.93. The number of unbranched alkanes of at least 4 members (excludes halogenated alkanes) is 7. The van der Waals surface area contributed by atoms with Crippen molar-refractivity contribution < 1.29 is 18.9 Å². The van der Waals surface area contributed by atoms with Crippen molar-refractivity contribution in [2.24, 2.45) is 0 Å². The Morgan fingerprint density at radius 2 is 1.36 bits per heavy atom. The molecule has 0 spiro atoms. The van der Waals surface area contributed by atoms with Crippen LogP contribution in [0.1, 0.15) is 58.8 Å². The number of hydrogen-bond donors (Lipinski definition) is 0. The van der Waals surface area contributed by atoms with Gasteiger partial charge in [-0.3, -0.25) is 0 Å².